The summed E-state index contributed by atoms with van der Waals surface area (Å²) in [7, 11) is 4.03. The number of hydrogen-bond acceptors (Lipinski definition) is 4. The van der Waals surface area contributed by atoms with Crippen LogP contribution in [0, 0.1) is 0 Å². The van der Waals surface area contributed by atoms with Crippen LogP contribution in [0.4, 0.5) is 5.69 Å². The molecule has 2 aromatic rings. The van der Waals surface area contributed by atoms with Gasteiger partial charge in [0.15, 0.2) is 6.61 Å². The van der Waals surface area contributed by atoms with Gasteiger partial charge in [0.1, 0.15) is 5.75 Å². The summed E-state index contributed by atoms with van der Waals surface area (Å²) in [5.41, 5.74) is 3.14. The summed E-state index contributed by atoms with van der Waals surface area (Å²) in [6.07, 6.45) is 2.01. The van der Waals surface area contributed by atoms with Crippen molar-refractivity contribution in [1.29, 1.82) is 0 Å². The standard InChI is InChI=1S/C28H39N3O3/c1-6-28(2,3)23-14-15-25-24(19-23)31(27(33)21-34-25)16-10-13-26(32)30(18-17-29(4)5)20-22-11-8-7-9-12-22/h7-9,11-12,14-15,19H,6,10,13,16-18,20-21H2,1-5H3. The van der Waals surface area contributed by atoms with Gasteiger partial charge in [-0.05, 0) is 55.6 Å². The predicted molar refractivity (Wildman–Crippen MR) is 137 cm³/mol. The smallest absolute Gasteiger partial charge is 0.265 e. The molecule has 0 aromatic heterocycles. The minimum atomic E-state index is -0.0554. The Labute approximate surface area is 204 Å². The molecule has 34 heavy (non-hydrogen) atoms. The van der Waals surface area contributed by atoms with Crippen LogP contribution in [-0.4, -0.2) is 62.0 Å². The van der Waals surface area contributed by atoms with E-state index in [1.165, 1.54) is 5.56 Å². The number of benzene rings is 2. The fourth-order valence-electron chi connectivity index (χ4n) is 4.04. The van der Waals surface area contributed by atoms with Crippen molar-refractivity contribution in [2.75, 3.05) is 45.2 Å². The number of carbonyl (C=O) groups excluding carboxylic acids is 2. The van der Waals surface area contributed by atoms with Gasteiger partial charge in [-0.1, -0.05) is 57.2 Å². The summed E-state index contributed by atoms with van der Waals surface area (Å²) in [4.78, 5) is 31.7. The number of rotatable bonds is 11. The van der Waals surface area contributed by atoms with Gasteiger partial charge in [-0.25, -0.2) is 0 Å². The van der Waals surface area contributed by atoms with E-state index < -0.39 is 0 Å². The molecule has 0 saturated heterocycles. The number of anilines is 1. The Kier molecular flexibility index (Phi) is 8.72. The van der Waals surface area contributed by atoms with Gasteiger partial charge >= 0.3 is 0 Å². The summed E-state index contributed by atoms with van der Waals surface area (Å²) in [6.45, 7) is 9.21. The van der Waals surface area contributed by atoms with E-state index in [0.717, 1.165) is 30.0 Å². The van der Waals surface area contributed by atoms with Crippen molar-refractivity contribution in [3.05, 3.63) is 59.7 Å². The normalized spacial score (nSPS) is 13.6. The summed E-state index contributed by atoms with van der Waals surface area (Å²) in [6, 6.07) is 16.2. The molecule has 0 bridgehead atoms. The molecule has 0 spiro atoms. The Morgan fingerprint density at radius 1 is 1.09 bits per heavy atom. The molecule has 0 unspecified atom stereocenters. The SMILES string of the molecule is CCC(C)(C)c1ccc2c(c1)N(CCCC(=O)N(CCN(C)C)Cc1ccccc1)C(=O)CO2. The molecule has 0 saturated carbocycles. The van der Waals surface area contributed by atoms with Gasteiger partial charge in [-0.15, -0.1) is 0 Å². The summed E-state index contributed by atoms with van der Waals surface area (Å²) < 4.78 is 5.68. The molecule has 2 amide bonds. The summed E-state index contributed by atoms with van der Waals surface area (Å²) >= 11 is 0. The Hall–Kier alpha value is -2.86. The van der Waals surface area contributed by atoms with Gasteiger partial charge in [0.05, 0.1) is 5.69 Å². The zero-order chi connectivity index (χ0) is 24.7. The van der Waals surface area contributed by atoms with Crippen LogP contribution in [-0.2, 0) is 21.5 Å². The Morgan fingerprint density at radius 2 is 1.82 bits per heavy atom. The second-order valence-electron chi connectivity index (χ2n) is 9.96. The number of likely N-dealkylation sites (N-methyl/N-ethyl adjacent to an activating group) is 1. The van der Waals surface area contributed by atoms with E-state index in [0.29, 0.717) is 32.5 Å². The Balaban J connectivity index is 1.67. The van der Waals surface area contributed by atoms with E-state index in [1.807, 2.05) is 43.3 Å². The van der Waals surface area contributed by atoms with Crippen molar-refractivity contribution in [1.82, 2.24) is 9.80 Å². The molecule has 184 valence electrons. The number of ether oxygens (including phenoxy) is 1. The molecule has 2 aromatic carbocycles. The molecule has 0 N–H and O–H groups in total. The number of carbonyl (C=O) groups is 2. The Morgan fingerprint density at radius 3 is 2.50 bits per heavy atom. The molecular weight excluding hydrogens is 426 g/mol. The number of nitrogens with zero attached hydrogens (tertiary/aromatic N) is 3. The van der Waals surface area contributed by atoms with Gasteiger partial charge in [-0.3, -0.25) is 9.59 Å². The van der Waals surface area contributed by atoms with E-state index in [9.17, 15) is 9.59 Å². The third-order valence-electron chi connectivity index (χ3n) is 6.73. The van der Waals surface area contributed by atoms with Gasteiger partial charge in [0, 0.05) is 32.6 Å². The minimum absolute atomic E-state index is 0.0154. The largest absolute Gasteiger partial charge is 0.482 e. The molecule has 6 nitrogen and oxygen atoms in total. The minimum Gasteiger partial charge on any atom is -0.482 e. The van der Waals surface area contributed by atoms with E-state index in [2.05, 4.69) is 49.9 Å². The highest BCUT2D eigenvalue weighted by molar-refractivity contribution is 5.98. The zero-order valence-electron chi connectivity index (χ0n) is 21.3. The number of hydrogen-bond donors (Lipinski definition) is 0. The zero-order valence-corrected chi connectivity index (χ0v) is 21.3. The van der Waals surface area contributed by atoms with E-state index >= 15 is 0 Å². The van der Waals surface area contributed by atoms with Crippen molar-refractivity contribution >= 4 is 17.5 Å². The molecule has 6 heteroatoms. The van der Waals surface area contributed by atoms with Crippen LogP contribution in [0.25, 0.3) is 0 Å². The average Bonchev–Trinajstić information content (AvgIpc) is 2.83. The average molecular weight is 466 g/mol. The fraction of sp³-hybridized carbons (Fsp3) is 0.500. The van der Waals surface area contributed by atoms with Crippen LogP contribution in [0.5, 0.6) is 5.75 Å². The van der Waals surface area contributed by atoms with Crippen LogP contribution in [0.15, 0.2) is 48.5 Å². The molecular formula is C28H39N3O3. The lowest BCUT2D eigenvalue weighted by atomic mass is 9.82. The molecule has 0 radical (unpaired) electrons. The van der Waals surface area contributed by atoms with Crippen LogP contribution < -0.4 is 9.64 Å². The summed E-state index contributed by atoms with van der Waals surface area (Å²) in [5, 5.41) is 0. The van der Waals surface area contributed by atoms with Gasteiger partial charge in [0.2, 0.25) is 5.91 Å². The van der Waals surface area contributed by atoms with Crippen molar-refractivity contribution in [2.45, 2.75) is 52.0 Å². The monoisotopic (exact) mass is 465 g/mol. The second kappa shape index (κ2) is 11.5. The van der Waals surface area contributed by atoms with Crippen molar-refractivity contribution in [3.63, 3.8) is 0 Å². The lowest BCUT2D eigenvalue weighted by Gasteiger charge is -2.32. The van der Waals surface area contributed by atoms with Crippen LogP contribution in [0.1, 0.15) is 51.2 Å². The highest BCUT2D eigenvalue weighted by atomic mass is 16.5. The maximum absolute atomic E-state index is 13.1. The van der Waals surface area contributed by atoms with E-state index in [-0.39, 0.29) is 23.8 Å². The van der Waals surface area contributed by atoms with Crippen LogP contribution >= 0.6 is 0 Å². The molecule has 0 fully saturated rings. The Bertz CT molecular complexity index is 972. The molecule has 1 aliphatic rings. The lowest BCUT2D eigenvalue weighted by molar-refractivity contribution is -0.132. The first-order valence-corrected chi connectivity index (χ1v) is 12.3. The molecule has 3 rings (SSSR count). The van der Waals surface area contributed by atoms with Crippen molar-refractivity contribution in [2.24, 2.45) is 0 Å². The lowest BCUT2D eigenvalue weighted by Crippen LogP contribution is -2.40. The molecule has 0 atom stereocenters. The highest BCUT2D eigenvalue weighted by Gasteiger charge is 2.28. The first-order valence-electron chi connectivity index (χ1n) is 12.3. The van der Waals surface area contributed by atoms with Gasteiger partial charge in [0.25, 0.3) is 5.91 Å². The van der Waals surface area contributed by atoms with Gasteiger partial charge in [-0.2, -0.15) is 0 Å². The summed E-state index contributed by atoms with van der Waals surface area (Å²) in [5.74, 6) is 0.797. The van der Waals surface area contributed by atoms with E-state index in [4.69, 9.17) is 4.74 Å². The fourth-order valence-corrected chi connectivity index (χ4v) is 4.04. The highest BCUT2D eigenvalue weighted by Crippen LogP contribution is 2.37. The molecule has 0 aliphatic carbocycles. The molecule has 1 aliphatic heterocycles. The van der Waals surface area contributed by atoms with Crippen LogP contribution in [0.2, 0.25) is 0 Å². The third kappa shape index (κ3) is 6.60. The number of fused-ring (bicyclic) bond motifs is 1. The predicted octanol–water partition coefficient (Wildman–Crippen LogP) is 4.47. The van der Waals surface area contributed by atoms with Crippen LogP contribution in [0.3, 0.4) is 0 Å². The first-order chi connectivity index (χ1) is 16.2. The maximum Gasteiger partial charge on any atom is 0.265 e. The van der Waals surface area contributed by atoms with Crippen molar-refractivity contribution in [3.8, 4) is 5.75 Å². The van der Waals surface area contributed by atoms with Crippen molar-refractivity contribution < 1.29 is 14.3 Å². The molecule has 1 heterocycles. The maximum atomic E-state index is 13.1. The van der Waals surface area contributed by atoms with E-state index in [1.54, 1.807) is 4.90 Å². The second-order valence-corrected chi connectivity index (χ2v) is 9.96. The quantitative estimate of drug-likeness (QED) is 0.491. The third-order valence-corrected chi connectivity index (χ3v) is 6.73. The van der Waals surface area contributed by atoms with Gasteiger partial charge < -0.3 is 19.4 Å². The first kappa shape index (κ1) is 25.8. The number of amides is 2. The topological polar surface area (TPSA) is 53.1 Å².